The Hall–Kier alpha value is -4.62. The van der Waals surface area contributed by atoms with E-state index < -0.39 is 0 Å². The van der Waals surface area contributed by atoms with Gasteiger partial charge < -0.3 is 4.90 Å². The summed E-state index contributed by atoms with van der Waals surface area (Å²) in [5.41, 5.74) is 8.73. The highest BCUT2D eigenvalue weighted by atomic mass is 15.1. The molecule has 1 aliphatic rings. The van der Waals surface area contributed by atoms with Crippen molar-refractivity contribution >= 4 is 50.8 Å². The average Bonchev–Trinajstić information content (AvgIpc) is 3.20. The van der Waals surface area contributed by atoms with Crippen LogP contribution in [0.1, 0.15) is 36.1 Å². The van der Waals surface area contributed by atoms with Crippen molar-refractivity contribution in [3.05, 3.63) is 150 Å². The van der Waals surface area contributed by atoms with Crippen molar-refractivity contribution in [3.8, 4) is 0 Å². The molecule has 6 aromatic rings. The third-order valence-corrected chi connectivity index (χ3v) is 7.98. The Balaban J connectivity index is 1.23. The maximum absolute atomic E-state index is 2.39. The highest BCUT2D eigenvalue weighted by Crippen LogP contribution is 2.49. The highest BCUT2D eigenvalue weighted by Gasteiger charge is 2.33. The summed E-state index contributed by atoms with van der Waals surface area (Å²) >= 11 is 0. The van der Waals surface area contributed by atoms with Crippen LogP contribution >= 0.6 is 0 Å². The summed E-state index contributed by atoms with van der Waals surface area (Å²) in [6, 6.07) is 45.9. The Labute approximate surface area is 224 Å². The molecule has 38 heavy (non-hydrogen) atoms. The number of rotatable bonds is 5. The van der Waals surface area contributed by atoms with Gasteiger partial charge in [0.25, 0.3) is 0 Å². The number of hydrogen-bond acceptors (Lipinski definition) is 1. The molecule has 0 saturated heterocycles. The van der Waals surface area contributed by atoms with Crippen LogP contribution in [-0.2, 0) is 5.41 Å². The zero-order valence-corrected chi connectivity index (χ0v) is 21.7. The first-order valence-electron chi connectivity index (χ1n) is 13.3. The number of hydrogen-bond donors (Lipinski definition) is 0. The van der Waals surface area contributed by atoms with Crippen LogP contribution in [0, 0.1) is 0 Å². The molecule has 0 radical (unpaired) electrons. The smallest absolute Gasteiger partial charge is 0.0462 e. The van der Waals surface area contributed by atoms with Crippen LogP contribution in [0.25, 0.3) is 33.7 Å². The van der Waals surface area contributed by atoms with Crippen LogP contribution in [0.3, 0.4) is 0 Å². The summed E-state index contributed by atoms with van der Waals surface area (Å²) in [6.45, 7) is 4.71. The van der Waals surface area contributed by atoms with Crippen molar-refractivity contribution in [1.29, 1.82) is 0 Å². The van der Waals surface area contributed by atoms with Gasteiger partial charge in [0.2, 0.25) is 0 Å². The van der Waals surface area contributed by atoms with Crippen molar-refractivity contribution in [3.63, 3.8) is 0 Å². The summed E-state index contributed by atoms with van der Waals surface area (Å²) in [5, 5.41) is 5.51. The summed E-state index contributed by atoms with van der Waals surface area (Å²) in [7, 11) is 0. The lowest BCUT2D eigenvalue weighted by molar-refractivity contribution is 0.662. The third-order valence-electron chi connectivity index (χ3n) is 7.98. The Morgan fingerprint density at radius 2 is 1.05 bits per heavy atom. The quantitative estimate of drug-likeness (QED) is 0.173. The summed E-state index contributed by atoms with van der Waals surface area (Å²) < 4.78 is 0. The van der Waals surface area contributed by atoms with E-state index >= 15 is 0 Å². The van der Waals surface area contributed by atoms with E-state index in [0.717, 1.165) is 17.1 Å². The van der Waals surface area contributed by atoms with Crippen LogP contribution in [-0.4, -0.2) is 0 Å². The summed E-state index contributed by atoms with van der Waals surface area (Å²) in [6.07, 6.45) is 4.47. The molecule has 0 atom stereocenters. The van der Waals surface area contributed by atoms with Crippen molar-refractivity contribution < 1.29 is 0 Å². The lowest BCUT2D eigenvalue weighted by Gasteiger charge is -2.25. The largest absolute Gasteiger partial charge is 0.311 e. The Morgan fingerprint density at radius 1 is 0.474 bits per heavy atom. The molecule has 0 fully saturated rings. The van der Waals surface area contributed by atoms with Crippen molar-refractivity contribution in [1.82, 2.24) is 0 Å². The van der Waals surface area contributed by atoms with E-state index in [-0.39, 0.29) is 5.41 Å². The lowest BCUT2D eigenvalue weighted by Crippen LogP contribution is -2.15. The normalized spacial score (nSPS) is 13.6. The van der Waals surface area contributed by atoms with E-state index in [4.69, 9.17) is 0 Å². The lowest BCUT2D eigenvalue weighted by atomic mass is 9.81. The fourth-order valence-electron chi connectivity index (χ4n) is 6.05. The molecule has 1 nitrogen and oxygen atoms in total. The fourth-order valence-corrected chi connectivity index (χ4v) is 6.05. The second kappa shape index (κ2) is 8.75. The SMILES string of the molecule is CC1(C)c2cccc3ccc4cc(/C=C/c5ccc(N(c6ccccc6)c6ccccc6)cc5)cc1c4c23. The average molecular weight is 488 g/mol. The van der Waals surface area contributed by atoms with Gasteiger partial charge in [0.05, 0.1) is 0 Å². The Bertz CT molecular complexity index is 1770. The molecule has 0 aliphatic heterocycles. The van der Waals surface area contributed by atoms with Gasteiger partial charge in [-0.25, -0.2) is 0 Å². The second-order valence-electron chi connectivity index (χ2n) is 10.7. The van der Waals surface area contributed by atoms with Gasteiger partial charge in [0.15, 0.2) is 0 Å². The minimum absolute atomic E-state index is 0.00524. The predicted molar refractivity (Wildman–Crippen MR) is 164 cm³/mol. The van der Waals surface area contributed by atoms with Crippen LogP contribution in [0.5, 0.6) is 0 Å². The molecule has 0 unspecified atom stereocenters. The van der Waals surface area contributed by atoms with E-state index in [2.05, 4.69) is 158 Å². The maximum Gasteiger partial charge on any atom is 0.0462 e. The number of para-hydroxylation sites is 2. The van der Waals surface area contributed by atoms with Gasteiger partial charge >= 0.3 is 0 Å². The molecule has 182 valence electrons. The molecule has 6 aromatic carbocycles. The molecule has 0 N–H and O–H groups in total. The molecular formula is C37H29N. The molecule has 0 spiro atoms. The number of nitrogens with zero attached hydrogens (tertiary/aromatic N) is 1. The van der Waals surface area contributed by atoms with Crippen LogP contribution in [0.15, 0.2) is 127 Å². The van der Waals surface area contributed by atoms with Gasteiger partial charge in [-0.3, -0.25) is 0 Å². The van der Waals surface area contributed by atoms with Gasteiger partial charge in [-0.2, -0.15) is 0 Å². The first-order valence-corrected chi connectivity index (χ1v) is 13.3. The monoisotopic (exact) mass is 487 g/mol. The fraction of sp³-hybridized carbons (Fsp3) is 0.0811. The molecule has 0 aromatic heterocycles. The van der Waals surface area contributed by atoms with Crippen molar-refractivity contribution in [2.24, 2.45) is 0 Å². The van der Waals surface area contributed by atoms with Gasteiger partial charge in [0, 0.05) is 22.5 Å². The molecule has 0 heterocycles. The molecule has 0 bridgehead atoms. The molecule has 0 amide bonds. The van der Waals surface area contributed by atoms with Gasteiger partial charge in [0.1, 0.15) is 0 Å². The maximum atomic E-state index is 2.39. The van der Waals surface area contributed by atoms with Crippen LogP contribution in [0.4, 0.5) is 17.1 Å². The van der Waals surface area contributed by atoms with Crippen LogP contribution < -0.4 is 4.90 Å². The van der Waals surface area contributed by atoms with E-state index in [1.807, 2.05) is 0 Å². The zero-order chi connectivity index (χ0) is 25.7. The Morgan fingerprint density at radius 3 is 1.74 bits per heavy atom. The van der Waals surface area contributed by atoms with Crippen molar-refractivity contribution in [2.45, 2.75) is 19.3 Å². The van der Waals surface area contributed by atoms with E-state index in [1.165, 1.54) is 43.8 Å². The molecule has 1 aliphatic carbocycles. The zero-order valence-electron chi connectivity index (χ0n) is 21.7. The molecular weight excluding hydrogens is 458 g/mol. The summed E-state index contributed by atoms with van der Waals surface area (Å²) in [4.78, 5) is 2.29. The van der Waals surface area contributed by atoms with E-state index in [1.54, 1.807) is 0 Å². The molecule has 0 saturated carbocycles. The van der Waals surface area contributed by atoms with E-state index in [9.17, 15) is 0 Å². The number of anilines is 3. The van der Waals surface area contributed by atoms with Crippen LogP contribution in [0.2, 0.25) is 0 Å². The topological polar surface area (TPSA) is 3.24 Å². The highest BCUT2D eigenvalue weighted by molar-refractivity contribution is 6.15. The molecule has 7 rings (SSSR count). The summed E-state index contributed by atoms with van der Waals surface area (Å²) in [5.74, 6) is 0. The van der Waals surface area contributed by atoms with Crippen molar-refractivity contribution in [2.75, 3.05) is 4.90 Å². The first kappa shape index (κ1) is 22.6. The number of benzene rings is 6. The van der Waals surface area contributed by atoms with Gasteiger partial charge in [-0.15, -0.1) is 0 Å². The second-order valence-corrected chi connectivity index (χ2v) is 10.7. The van der Waals surface area contributed by atoms with E-state index in [0.29, 0.717) is 0 Å². The standard InChI is InChI=1S/C37H29N/c1-37(2)33-15-9-10-28-20-21-29-24-27(25-34(37)36(29)35(28)33)17-16-26-18-22-32(23-19-26)38(30-11-5-3-6-12-30)31-13-7-4-8-14-31/h3-25H,1-2H3/b17-16+. The predicted octanol–water partition coefficient (Wildman–Crippen LogP) is 10.3. The van der Waals surface area contributed by atoms with Gasteiger partial charge in [-0.1, -0.05) is 111 Å². The minimum atomic E-state index is 0.00524. The third kappa shape index (κ3) is 3.63. The minimum Gasteiger partial charge on any atom is -0.311 e. The first-order chi connectivity index (χ1) is 18.6. The Kier molecular flexibility index (Phi) is 5.19. The molecule has 1 heteroatoms. The van der Waals surface area contributed by atoms with Gasteiger partial charge in [-0.05, 0) is 86.3 Å².